The van der Waals surface area contributed by atoms with Crippen molar-refractivity contribution in [3.05, 3.63) is 18.3 Å². The first-order valence-electron chi connectivity index (χ1n) is 4.49. The summed E-state index contributed by atoms with van der Waals surface area (Å²) in [5.74, 6) is -0.138. The summed E-state index contributed by atoms with van der Waals surface area (Å²) in [6.45, 7) is 1.69. The van der Waals surface area contributed by atoms with E-state index in [2.05, 4.69) is 4.98 Å². The molecule has 90 valence electrons. The van der Waals surface area contributed by atoms with Gasteiger partial charge < -0.3 is 0 Å². The number of rotatable bonds is 4. The van der Waals surface area contributed by atoms with Gasteiger partial charge in [-0.15, -0.1) is 0 Å². The Morgan fingerprint density at radius 1 is 1.31 bits per heavy atom. The summed E-state index contributed by atoms with van der Waals surface area (Å²) < 4.78 is 45.8. The number of nitrogens with zero attached hydrogens (tertiary/aromatic N) is 1. The highest BCUT2D eigenvalue weighted by Crippen LogP contribution is 2.18. The number of sulfone groups is 1. The first-order chi connectivity index (χ1) is 7.29. The van der Waals surface area contributed by atoms with E-state index in [1.807, 2.05) is 0 Å². The summed E-state index contributed by atoms with van der Waals surface area (Å²) in [6, 6.07) is 2.55. The van der Waals surface area contributed by atoms with Crippen molar-refractivity contribution in [3.8, 4) is 0 Å². The fourth-order valence-electron chi connectivity index (χ4n) is 1.21. The minimum atomic E-state index is -4.13. The van der Waals surface area contributed by atoms with Crippen LogP contribution in [-0.4, -0.2) is 27.6 Å². The van der Waals surface area contributed by atoms with Crippen molar-refractivity contribution >= 4 is 19.9 Å². The topological polar surface area (TPSA) is 107 Å². The molecular formula is C8H12N2O4S2. The summed E-state index contributed by atoms with van der Waals surface area (Å²) >= 11 is 0. The van der Waals surface area contributed by atoms with Gasteiger partial charge in [0.05, 0.1) is 5.75 Å². The van der Waals surface area contributed by atoms with Gasteiger partial charge in [0.15, 0.2) is 14.9 Å². The lowest BCUT2D eigenvalue weighted by atomic mass is 10.5. The highest BCUT2D eigenvalue weighted by Gasteiger charge is 2.24. The molecule has 0 radical (unpaired) electrons. The molecule has 0 spiro atoms. The van der Waals surface area contributed by atoms with Gasteiger partial charge in [0.2, 0.25) is 0 Å². The van der Waals surface area contributed by atoms with Crippen molar-refractivity contribution in [2.24, 2.45) is 5.14 Å². The first-order valence-corrected chi connectivity index (χ1v) is 7.69. The van der Waals surface area contributed by atoms with E-state index in [9.17, 15) is 16.8 Å². The number of sulfonamides is 1. The van der Waals surface area contributed by atoms with Crippen LogP contribution >= 0.6 is 0 Å². The van der Waals surface area contributed by atoms with E-state index < -0.39 is 24.9 Å². The van der Waals surface area contributed by atoms with Crippen LogP contribution < -0.4 is 5.14 Å². The molecule has 1 rings (SSSR count). The number of aromatic nitrogens is 1. The number of hydrogen-bond acceptors (Lipinski definition) is 5. The minimum absolute atomic E-state index is 0.138. The molecule has 0 fully saturated rings. The van der Waals surface area contributed by atoms with Crippen LogP contribution in [0.2, 0.25) is 0 Å². The normalized spacial score (nSPS) is 12.6. The summed E-state index contributed by atoms with van der Waals surface area (Å²) in [6.07, 6.45) is 1.58. The van der Waals surface area contributed by atoms with Crippen LogP contribution in [0.15, 0.2) is 28.3 Å². The maximum Gasteiger partial charge on any atom is 0.256 e. The Morgan fingerprint density at radius 2 is 1.94 bits per heavy atom. The third kappa shape index (κ3) is 2.77. The van der Waals surface area contributed by atoms with Crippen LogP contribution in [0.3, 0.4) is 0 Å². The Labute approximate surface area is 94.5 Å². The molecule has 0 aliphatic carbocycles. The standard InChI is InChI=1S/C8H12N2O4S2/c1-2-6-15(11,12)7-4-3-5-10-8(7)16(9,13)14/h3-5H,2,6H2,1H3,(H2,9,13,14). The van der Waals surface area contributed by atoms with Gasteiger partial charge in [-0.2, -0.15) is 0 Å². The van der Waals surface area contributed by atoms with Crippen molar-refractivity contribution in [1.82, 2.24) is 4.98 Å². The lowest BCUT2D eigenvalue weighted by Gasteiger charge is -2.06. The molecule has 8 heteroatoms. The fourth-order valence-corrected chi connectivity index (χ4v) is 3.85. The van der Waals surface area contributed by atoms with E-state index in [4.69, 9.17) is 5.14 Å². The molecule has 0 saturated carbocycles. The van der Waals surface area contributed by atoms with E-state index in [-0.39, 0.29) is 10.6 Å². The third-order valence-electron chi connectivity index (χ3n) is 1.81. The summed E-state index contributed by atoms with van der Waals surface area (Å²) in [4.78, 5) is 3.17. The van der Waals surface area contributed by atoms with Crippen molar-refractivity contribution in [2.45, 2.75) is 23.3 Å². The Balaban J connectivity index is 3.48. The smallest absolute Gasteiger partial charge is 0.242 e. The number of hydrogen-bond donors (Lipinski definition) is 1. The number of nitrogens with two attached hydrogens (primary N) is 1. The molecule has 0 bridgehead atoms. The van der Waals surface area contributed by atoms with Gasteiger partial charge in [-0.1, -0.05) is 6.92 Å². The predicted molar refractivity (Wildman–Crippen MR) is 58.0 cm³/mol. The minimum Gasteiger partial charge on any atom is -0.242 e. The second-order valence-corrected chi connectivity index (χ2v) is 6.72. The quantitative estimate of drug-likeness (QED) is 0.818. The zero-order valence-corrected chi connectivity index (χ0v) is 10.3. The molecule has 1 aromatic rings. The highest BCUT2D eigenvalue weighted by molar-refractivity contribution is 7.93. The van der Waals surface area contributed by atoms with Gasteiger partial charge in [0.25, 0.3) is 10.0 Å². The molecule has 6 nitrogen and oxygen atoms in total. The zero-order chi connectivity index (χ0) is 12.4. The maximum absolute atomic E-state index is 11.7. The molecule has 2 N–H and O–H groups in total. The van der Waals surface area contributed by atoms with Crippen LogP contribution in [0.25, 0.3) is 0 Å². The second kappa shape index (κ2) is 4.48. The lowest BCUT2D eigenvalue weighted by Crippen LogP contribution is -2.19. The molecule has 0 amide bonds. The fraction of sp³-hybridized carbons (Fsp3) is 0.375. The van der Waals surface area contributed by atoms with Gasteiger partial charge >= 0.3 is 0 Å². The summed E-state index contributed by atoms with van der Waals surface area (Å²) in [5, 5.41) is 4.30. The average Bonchev–Trinajstić information content (AvgIpc) is 2.16. The van der Waals surface area contributed by atoms with E-state index in [0.29, 0.717) is 6.42 Å². The lowest BCUT2D eigenvalue weighted by molar-refractivity contribution is 0.578. The third-order valence-corrected chi connectivity index (χ3v) is 4.75. The van der Waals surface area contributed by atoms with E-state index in [1.54, 1.807) is 6.92 Å². The highest BCUT2D eigenvalue weighted by atomic mass is 32.2. The average molecular weight is 264 g/mol. The molecular weight excluding hydrogens is 252 g/mol. The molecule has 0 atom stereocenters. The van der Waals surface area contributed by atoms with Crippen molar-refractivity contribution < 1.29 is 16.8 Å². The van der Waals surface area contributed by atoms with E-state index in [0.717, 1.165) is 0 Å². The molecule has 0 aliphatic heterocycles. The molecule has 16 heavy (non-hydrogen) atoms. The molecule has 1 aromatic heterocycles. The zero-order valence-electron chi connectivity index (χ0n) is 8.62. The van der Waals surface area contributed by atoms with Gasteiger partial charge in [0, 0.05) is 6.20 Å². The van der Waals surface area contributed by atoms with Crippen molar-refractivity contribution in [1.29, 1.82) is 0 Å². The SMILES string of the molecule is CCCS(=O)(=O)c1cccnc1S(N)(=O)=O. The summed E-state index contributed by atoms with van der Waals surface area (Å²) in [7, 11) is -7.77. The molecule has 0 aromatic carbocycles. The van der Waals surface area contributed by atoms with Gasteiger partial charge in [-0.3, -0.25) is 0 Å². The van der Waals surface area contributed by atoms with Crippen molar-refractivity contribution in [2.75, 3.05) is 5.75 Å². The number of primary sulfonamides is 1. The molecule has 0 saturated heterocycles. The predicted octanol–water partition coefficient (Wildman–Crippen LogP) is -0.0873. The number of pyridine rings is 1. The molecule has 0 unspecified atom stereocenters. The van der Waals surface area contributed by atoms with Gasteiger partial charge in [0.1, 0.15) is 4.90 Å². The van der Waals surface area contributed by atoms with Crippen molar-refractivity contribution in [3.63, 3.8) is 0 Å². The molecule has 1 heterocycles. The Bertz CT molecular complexity index is 578. The van der Waals surface area contributed by atoms with Crippen LogP contribution in [-0.2, 0) is 19.9 Å². The maximum atomic E-state index is 11.7. The monoisotopic (exact) mass is 264 g/mol. The Hall–Kier alpha value is -0.990. The van der Waals surface area contributed by atoms with E-state index >= 15 is 0 Å². The largest absolute Gasteiger partial charge is 0.256 e. The van der Waals surface area contributed by atoms with Gasteiger partial charge in [-0.25, -0.2) is 27.0 Å². The second-order valence-electron chi connectivity index (χ2n) is 3.17. The Kier molecular flexibility index (Phi) is 3.66. The first kappa shape index (κ1) is 13.1. The van der Waals surface area contributed by atoms with Crippen LogP contribution in [0.4, 0.5) is 0 Å². The van der Waals surface area contributed by atoms with Crippen LogP contribution in [0.1, 0.15) is 13.3 Å². The summed E-state index contributed by atoms with van der Waals surface area (Å²) in [5.41, 5.74) is 0. The van der Waals surface area contributed by atoms with E-state index in [1.165, 1.54) is 18.3 Å². The van der Waals surface area contributed by atoms with Crippen LogP contribution in [0, 0.1) is 0 Å². The molecule has 0 aliphatic rings. The van der Waals surface area contributed by atoms with Gasteiger partial charge in [-0.05, 0) is 18.6 Å². The van der Waals surface area contributed by atoms with Crippen LogP contribution in [0.5, 0.6) is 0 Å². The Morgan fingerprint density at radius 3 is 2.44 bits per heavy atom.